The van der Waals surface area contributed by atoms with Crippen molar-refractivity contribution in [2.24, 2.45) is 0 Å². The molecule has 3 aromatic rings. The van der Waals surface area contributed by atoms with Crippen LogP contribution >= 0.6 is 23.2 Å². The largest absolute Gasteiger partial charge is 0.478 e. The lowest BCUT2D eigenvalue weighted by atomic mass is 10.1. The number of pyridine rings is 1. The van der Waals surface area contributed by atoms with E-state index in [1.165, 1.54) is 73.1 Å². The number of nitrogens with one attached hydrogen (secondary N) is 1. The number of hydrogen-bond donors (Lipinski definition) is 2. The van der Waals surface area contributed by atoms with E-state index in [0.717, 1.165) is 0 Å². The summed E-state index contributed by atoms with van der Waals surface area (Å²) >= 11 is 11.6. The van der Waals surface area contributed by atoms with Crippen molar-refractivity contribution >= 4 is 52.7 Å². The molecule has 1 amide bonds. The Kier molecular flexibility index (Phi) is 8.18. The summed E-state index contributed by atoms with van der Waals surface area (Å²) in [6.07, 6.45) is -1.43. The highest BCUT2D eigenvalue weighted by molar-refractivity contribution is 6.31. The Morgan fingerprint density at radius 2 is 1.18 bits per heavy atom. The van der Waals surface area contributed by atoms with Gasteiger partial charge in [0, 0.05) is 28.1 Å². The number of ether oxygens (including phenoxy) is 2. The number of esters is 2. The number of nitrogens with zero attached hydrogens (tertiary/aromatic N) is 1. The Bertz CT molecular complexity index is 1190. The van der Waals surface area contributed by atoms with Crippen LogP contribution in [0.3, 0.4) is 0 Å². The molecule has 9 nitrogen and oxygen atoms in total. The predicted molar refractivity (Wildman–Crippen MR) is 122 cm³/mol. The van der Waals surface area contributed by atoms with Gasteiger partial charge in [0.2, 0.25) is 12.2 Å². The first-order valence-electron chi connectivity index (χ1n) is 9.61. The summed E-state index contributed by atoms with van der Waals surface area (Å²) < 4.78 is 10.3. The Morgan fingerprint density at radius 3 is 1.62 bits per heavy atom. The summed E-state index contributed by atoms with van der Waals surface area (Å²) in [5.74, 6) is -4.83. The molecular formula is C23H16Cl2N2O7. The van der Waals surface area contributed by atoms with Crippen molar-refractivity contribution < 1.29 is 33.8 Å². The minimum atomic E-state index is -2.17. The topological polar surface area (TPSA) is 132 Å². The lowest BCUT2D eigenvalue weighted by molar-refractivity contribution is -0.157. The molecule has 2 aromatic carbocycles. The number of benzene rings is 2. The normalized spacial score (nSPS) is 12.2. The molecule has 174 valence electrons. The summed E-state index contributed by atoms with van der Waals surface area (Å²) in [5, 5.41) is 12.8. The Labute approximate surface area is 203 Å². The second-order valence-corrected chi connectivity index (χ2v) is 7.60. The molecule has 0 saturated carbocycles. The summed E-state index contributed by atoms with van der Waals surface area (Å²) in [5.41, 5.74) is 0.230. The van der Waals surface area contributed by atoms with Crippen molar-refractivity contribution in [1.82, 2.24) is 4.98 Å². The Morgan fingerprint density at radius 1 is 0.735 bits per heavy atom. The molecule has 0 radical (unpaired) electrons. The molecule has 0 aliphatic rings. The van der Waals surface area contributed by atoms with E-state index >= 15 is 0 Å². The van der Waals surface area contributed by atoms with E-state index in [0.29, 0.717) is 10.0 Å². The molecule has 3 rings (SSSR count). The van der Waals surface area contributed by atoms with Gasteiger partial charge in [-0.2, -0.15) is 0 Å². The minimum absolute atomic E-state index is 0.000669. The number of anilines is 1. The van der Waals surface area contributed by atoms with Gasteiger partial charge in [-0.1, -0.05) is 23.2 Å². The number of aliphatic carboxylic acids is 1. The van der Waals surface area contributed by atoms with E-state index in [-0.39, 0.29) is 16.8 Å². The quantitative estimate of drug-likeness (QED) is 0.443. The third kappa shape index (κ3) is 6.53. The van der Waals surface area contributed by atoms with Crippen LogP contribution in [0.4, 0.5) is 5.69 Å². The monoisotopic (exact) mass is 502 g/mol. The van der Waals surface area contributed by atoms with Gasteiger partial charge in [0.15, 0.2) is 0 Å². The molecule has 0 fully saturated rings. The van der Waals surface area contributed by atoms with Gasteiger partial charge in [-0.3, -0.25) is 9.78 Å². The molecule has 34 heavy (non-hydrogen) atoms. The molecule has 0 aliphatic carbocycles. The van der Waals surface area contributed by atoms with E-state index in [1.54, 1.807) is 0 Å². The van der Waals surface area contributed by atoms with Crippen LogP contribution in [0.25, 0.3) is 0 Å². The number of rotatable bonds is 8. The Hall–Kier alpha value is -3.95. The number of carbonyl (C=O) groups is 4. The van der Waals surface area contributed by atoms with E-state index in [2.05, 4.69) is 10.3 Å². The van der Waals surface area contributed by atoms with Gasteiger partial charge >= 0.3 is 17.9 Å². The van der Waals surface area contributed by atoms with E-state index in [1.807, 2.05) is 0 Å². The molecule has 1 aromatic heterocycles. The highest BCUT2D eigenvalue weighted by Crippen LogP contribution is 2.18. The van der Waals surface area contributed by atoms with Crippen LogP contribution in [-0.4, -0.2) is 46.1 Å². The number of carbonyl (C=O) groups excluding carboxylic acids is 3. The standard InChI is InChI=1S/C23H16Cl2N2O7/c24-15-5-1-13(2-6-15)22(31)33-18(20(28)27-17-9-11-26-12-10-17)19(21(29)30)34-23(32)14-3-7-16(25)8-4-14/h1-12,18-19H,(H,29,30)(H,26,27,28)/t18-,19-/m1/s1. The van der Waals surface area contributed by atoms with Crippen LogP contribution in [0.2, 0.25) is 10.0 Å². The van der Waals surface area contributed by atoms with Crippen molar-refractivity contribution in [3.05, 3.63) is 94.2 Å². The maximum absolute atomic E-state index is 12.9. The lowest BCUT2D eigenvalue weighted by Crippen LogP contribution is -2.48. The van der Waals surface area contributed by atoms with Crippen LogP contribution in [-0.2, 0) is 19.1 Å². The first-order chi connectivity index (χ1) is 16.2. The van der Waals surface area contributed by atoms with E-state index in [9.17, 15) is 24.3 Å². The molecule has 1 heterocycles. The zero-order valence-corrected chi connectivity index (χ0v) is 18.7. The summed E-state index contributed by atoms with van der Waals surface area (Å²) in [6.45, 7) is 0. The molecule has 0 saturated heterocycles. The number of aromatic nitrogens is 1. The number of halogens is 2. The molecule has 2 atom stereocenters. The van der Waals surface area contributed by atoms with Crippen molar-refractivity contribution in [3.63, 3.8) is 0 Å². The number of carboxylic acid groups (broad SMARTS) is 1. The van der Waals surface area contributed by atoms with Crippen molar-refractivity contribution in [3.8, 4) is 0 Å². The molecule has 2 N–H and O–H groups in total. The van der Waals surface area contributed by atoms with Crippen molar-refractivity contribution in [2.75, 3.05) is 5.32 Å². The number of amides is 1. The third-order valence-corrected chi connectivity index (χ3v) is 4.86. The van der Waals surface area contributed by atoms with Gasteiger partial charge in [-0.25, -0.2) is 14.4 Å². The Balaban J connectivity index is 1.89. The average molecular weight is 503 g/mol. The van der Waals surface area contributed by atoms with Crippen LogP contribution in [0.15, 0.2) is 73.1 Å². The smallest absolute Gasteiger partial charge is 0.349 e. The third-order valence-electron chi connectivity index (χ3n) is 4.35. The predicted octanol–water partition coefficient (Wildman–Crippen LogP) is 3.86. The SMILES string of the molecule is O=C(O[C@@H](C(=O)O)[C@@H](OC(=O)c1ccc(Cl)cc1)C(=O)Nc1ccncc1)c1ccc(Cl)cc1. The fourth-order valence-electron chi connectivity index (χ4n) is 2.68. The van der Waals surface area contributed by atoms with Gasteiger partial charge in [0.1, 0.15) is 0 Å². The van der Waals surface area contributed by atoms with Gasteiger partial charge in [0.25, 0.3) is 5.91 Å². The van der Waals surface area contributed by atoms with Gasteiger partial charge in [-0.15, -0.1) is 0 Å². The summed E-state index contributed by atoms with van der Waals surface area (Å²) in [4.78, 5) is 53.9. The fourth-order valence-corrected chi connectivity index (χ4v) is 2.93. The molecule has 11 heteroatoms. The van der Waals surface area contributed by atoms with Crippen LogP contribution in [0.5, 0.6) is 0 Å². The van der Waals surface area contributed by atoms with Crippen molar-refractivity contribution in [2.45, 2.75) is 12.2 Å². The second-order valence-electron chi connectivity index (χ2n) is 6.73. The van der Waals surface area contributed by atoms with Crippen LogP contribution < -0.4 is 5.32 Å². The summed E-state index contributed by atoms with van der Waals surface area (Å²) in [7, 11) is 0. The number of carboxylic acids is 1. The molecule has 0 unspecified atom stereocenters. The number of hydrogen-bond acceptors (Lipinski definition) is 7. The first kappa shape index (κ1) is 24.7. The lowest BCUT2D eigenvalue weighted by Gasteiger charge is -2.23. The van der Waals surface area contributed by atoms with Gasteiger partial charge in [-0.05, 0) is 60.7 Å². The molecular weight excluding hydrogens is 487 g/mol. The highest BCUT2D eigenvalue weighted by atomic mass is 35.5. The maximum Gasteiger partial charge on any atom is 0.349 e. The molecule has 0 aliphatic heterocycles. The van der Waals surface area contributed by atoms with Crippen LogP contribution in [0, 0.1) is 0 Å². The minimum Gasteiger partial charge on any atom is -0.478 e. The van der Waals surface area contributed by atoms with E-state index < -0.39 is 36.0 Å². The fraction of sp³-hybridized carbons (Fsp3) is 0.0870. The zero-order chi connectivity index (χ0) is 24.7. The van der Waals surface area contributed by atoms with Gasteiger partial charge in [0.05, 0.1) is 11.1 Å². The van der Waals surface area contributed by atoms with E-state index in [4.69, 9.17) is 32.7 Å². The van der Waals surface area contributed by atoms with Crippen molar-refractivity contribution in [1.29, 1.82) is 0 Å². The summed E-state index contributed by atoms with van der Waals surface area (Å²) in [6, 6.07) is 13.8. The van der Waals surface area contributed by atoms with Crippen LogP contribution in [0.1, 0.15) is 20.7 Å². The highest BCUT2D eigenvalue weighted by Gasteiger charge is 2.41. The average Bonchev–Trinajstić information content (AvgIpc) is 2.82. The molecule has 0 bridgehead atoms. The first-order valence-corrected chi connectivity index (χ1v) is 10.4. The zero-order valence-electron chi connectivity index (χ0n) is 17.2. The maximum atomic E-state index is 12.9. The molecule has 0 spiro atoms. The van der Waals surface area contributed by atoms with Gasteiger partial charge < -0.3 is 19.9 Å². The second kappa shape index (κ2) is 11.3.